The van der Waals surface area contributed by atoms with Crippen molar-refractivity contribution in [2.75, 3.05) is 7.11 Å². The molecule has 0 saturated heterocycles. The van der Waals surface area contributed by atoms with Gasteiger partial charge in [-0.05, 0) is 6.07 Å². The van der Waals surface area contributed by atoms with Gasteiger partial charge in [0.15, 0.2) is 5.84 Å². The van der Waals surface area contributed by atoms with Crippen LogP contribution in [0, 0.1) is 0 Å². The average molecular weight is 290 g/mol. The summed E-state index contributed by atoms with van der Waals surface area (Å²) in [6.45, 7) is 0. The second-order valence-corrected chi connectivity index (χ2v) is 4.11. The van der Waals surface area contributed by atoms with Crippen LogP contribution in [0.4, 0.5) is 0 Å². The normalized spacial score (nSPS) is 11.8. The Kier molecular flexibility index (Phi) is 4.62. The Labute approximate surface area is 121 Å². The van der Waals surface area contributed by atoms with Crippen LogP contribution in [-0.4, -0.2) is 29.1 Å². The lowest BCUT2D eigenvalue weighted by Crippen LogP contribution is -2.15. The van der Waals surface area contributed by atoms with Gasteiger partial charge in [0.1, 0.15) is 5.69 Å². The van der Waals surface area contributed by atoms with E-state index >= 15 is 0 Å². The van der Waals surface area contributed by atoms with E-state index in [1.54, 1.807) is 6.07 Å². The van der Waals surface area contributed by atoms with Crippen LogP contribution < -0.4 is 10.5 Å². The number of nitrogens with zero attached hydrogens (tertiary/aromatic N) is 4. The Hall–Kier alpha value is -2.47. The molecule has 0 spiro atoms. The third-order valence-corrected chi connectivity index (χ3v) is 2.70. The molecule has 0 aliphatic carbocycles. The highest BCUT2D eigenvalue weighted by molar-refractivity contribution is 6.33. The fourth-order valence-electron chi connectivity index (χ4n) is 1.35. The lowest BCUT2D eigenvalue weighted by molar-refractivity contribution is 0.395. The van der Waals surface area contributed by atoms with E-state index in [1.165, 1.54) is 25.7 Å². The number of amidine groups is 1. The molecule has 0 saturated carbocycles. The SMILES string of the molecule is COc1cncc(C(N)=NN=Cc2ccccc2Cl)n1. The molecule has 0 aliphatic heterocycles. The Balaban J connectivity index is 2.16. The molecule has 2 N–H and O–H groups in total. The van der Waals surface area contributed by atoms with E-state index in [-0.39, 0.29) is 5.84 Å². The maximum atomic E-state index is 5.99. The molecule has 7 heteroatoms. The molecule has 0 unspecified atom stereocenters. The van der Waals surface area contributed by atoms with Crippen molar-refractivity contribution in [1.82, 2.24) is 9.97 Å². The summed E-state index contributed by atoms with van der Waals surface area (Å²) in [6, 6.07) is 7.28. The molecule has 6 nitrogen and oxygen atoms in total. The second kappa shape index (κ2) is 6.63. The summed E-state index contributed by atoms with van der Waals surface area (Å²) in [6.07, 6.45) is 4.47. The number of aromatic nitrogens is 2. The van der Waals surface area contributed by atoms with Crippen molar-refractivity contribution in [2.24, 2.45) is 15.9 Å². The van der Waals surface area contributed by atoms with Crippen LogP contribution >= 0.6 is 11.6 Å². The minimum Gasteiger partial charge on any atom is -0.480 e. The molecule has 0 fully saturated rings. The summed E-state index contributed by atoms with van der Waals surface area (Å²) in [4.78, 5) is 8.03. The lowest BCUT2D eigenvalue weighted by atomic mass is 10.2. The van der Waals surface area contributed by atoms with Gasteiger partial charge in [0.25, 0.3) is 0 Å². The Bertz CT molecular complexity index is 657. The molecule has 1 aromatic heterocycles. The summed E-state index contributed by atoms with van der Waals surface area (Å²) >= 11 is 5.99. The maximum Gasteiger partial charge on any atom is 0.232 e. The van der Waals surface area contributed by atoms with Crippen molar-refractivity contribution < 1.29 is 4.74 Å². The predicted octanol–water partition coefficient (Wildman–Crippen LogP) is 1.88. The molecule has 0 bridgehead atoms. The van der Waals surface area contributed by atoms with Crippen LogP contribution in [0.1, 0.15) is 11.3 Å². The Morgan fingerprint density at radius 3 is 2.90 bits per heavy atom. The van der Waals surface area contributed by atoms with Crippen LogP contribution in [0.2, 0.25) is 5.02 Å². The molecule has 0 aliphatic rings. The van der Waals surface area contributed by atoms with Crippen LogP contribution in [0.25, 0.3) is 0 Å². The van der Waals surface area contributed by atoms with Crippen molar-refractivity contribution in [3.63, 3.8) is 0 Å². The number of halogens is 1. The molecule has 2 aromatic rings. The minimum absolute atomic E-state index is 0.139. The highest BCUT2D eigenvalue weighted by atomic mass is 35.5. The molecule has 1 heterocycles. The first-order valence-electron chi connectivity index (χ1n) is 5.68. The van der Waals surface area contributed by atoms with E-state index in [9.17, 15) is 0 Å². The van der Waals surface area contributed by atoms with E-state index in [4.69, 9.17) is 22.1 Å². The third-order valence-electron chi connectivity index (χ3n) is 2.35. The molecule has 0 amide bonds. The van der Waals surface area contributed by atoms with E-state index < -0.39 is 0 Å². The third kappa shape index (κ3) is 3.52. The maximum absolute atomic E-state index is 5.99. The summed E-state index contributed by atoms with van der Waals surface area (Å²) in [7, 11) is 1.50. The van der Waals surface area contributed by atoms with Crippen molar-refractivity contribution in [1.29, 1.82) is 0 Å². The zero-order chi connectivity index (χ0) is 14.4. The summed E-state index contributed by atoms with van der Waals surface area (Å²) in [5.41, 5.74) is 6.91. The smallest absolute Gasteiger partial charge is 0.232 e. The number of benzene rings is 1. The first-order valence-corrected chi connectivity index (χ1v) is 6.06. The minimum atomic E-state index is 0.139. The highest BCUT2D eigenvalue weighted by Gasteiger charge is 2.02. The fraction of sp³-hybridized carbons (Fsp3) is 0.0769. The first kappa shape index (κ1) is 14.0. The quantitative estimate of drug-likeness (QED) is 0.529. The summed E-state index contributed by atoms with van der Waals surface area (Å²) in [5, 5.41) is 8.32. The molecule has 0 radical (unpaired) electrons. The zero-order valence-corrected chi connectivity index (χ0v) is 11.4. The van der Waals surface area contributed by atoms with Crippen molar-refractivity contribution in [2.45, 2.75) is 0 Å². The van der Waals surface area contributed by atoms with E-state index in [0.29, 0.717) is 16.6 Å². The molecule has 102 valence electrons. The number of nitrogens with two attached hydrogens (primary N) is 1. The number of hydrogen-bond donors (Lipinski definition) is 1. The first-order chi connectivity index (χ1) is 9.70. The van der Waals surface area contributed by atoms with Gasteiger partial charge in [0.05, 0.1) is 25.7 Å². The second-order valence-electron chi connectivity index (χ2n) is 3.70. The van der Waals surface area contributed by atoms with Gasteiger partial charge >= 0.3 is 0 Å². The van der Waals surface area contributed by atoms with Gasteiger partial charge in [-0.15, -0.1) is 5.10 Å². The Morgan fingerprint density at radius 2 is 2.15 bits per heavy atom. The molecule has 0 atom stereocenters. The Morgan fingerprint density at radius 1 is 1.35 bits per heavy atom. The predicted molar refractivity (Wildman–Crippen MR) is 78.4 cm³/mol. The topological polar surface area (TPSA) is 85.8 Å². The van der Waals surface area contributed by atoms with E-state index in [0.717, 1.165) is 5.56 Å². The van der Waals surface area contributed by atoms with E-state index in [1.807, 2.05) is 18.2 Å². The van der Waals surface area contributed by atoms with Gasteiger partial charge in [-0.2, -0.15) is 5.10 Å². The average Bonchev–Trinajstić information content (AvgIpc) is 2.49. The van der Waals surface area contributed by atoms with Gasteiger partial charge in [-0.3, -0.25) is 4.98 Å². The van der Waals surface area contributed by atoms with Gasteiger partial charge < -0.3 is 10.5 Å². The number of rotatable bonds is 4. The van der Waals surface area contributed by atoms with E-state index in [2.05, 4.69) is 20.2 Å². The van der Waals surface area contributed by atoms with Crippen LogP contribution in [0.5, 0.6) is 5.88 Å². The summed E-state index contributed by atoms with van der Waals surface area (Å²) in [5.74, 6) is 0.496. The molecule has 2 rings (SSSR count). The highest BCUT2D eigenvalue weighted by Crippen LogP contribution is 2.12. The van der Waals surface area contributed by atoms with Gasteiger partial charge in [0, 0.05) is 10.6 Å². The number of methoxy groups -OCH3 is 1. The van der Waals surface area contributed by atoms with Crippen molar-refractivity contribution >= 4 is 23.7 Å². The van der Waals surface area contributed by atoms with Crippen molar-refractivity contribution in [3.05, 3.63) is 52.9 Å². The van der Waals surface area contributed by atoms with Gasteiger partial charge in [-0.1, -0.05) is 29.8 Å². The lowest BCUT2D eigenvalue weighted by Gasteiger charge is -2.00. The standard InChI is InChI=1S/C13H12ClN5O/c1-20-12-8-16-7-11(18-12)13(15)19-17-6-9-4-2-3-5-10(9)14/h2-8H,1H3,(H2,15,19). The summed E-state index contributed by atoms with van der Waals surface area (Å²) < 4.78 is 4.95. The molecular formula is C13H12ClN5O. The van der Waals surface area contributed by atoms with Crippen LogP contribution in [0.15, 0.2) is 46.9 Å². The van der Waals surface area contributed by atoms with Crippen molar-refractivity contribution in [3.8, 4) is 5.88 Å². The van der Waals surface area contributed by atoms with Gasteiger partial charge in [-0.25, -0.2) is 4.98 Å². The molecule has 1 aromatic carbocycles. The zero-order valence-electron chi connectivity index (χ0n) is 10.7. The molecule has 20 heavy (non-hydrogen) atoms. The van der Waals surface area contributed by atoms with Crippen LogP contribution in [0.3, 0.4) is 0 Å². The number of hydrogen-bond acceptors (Lipinski definition) is 5. The van der Waals surface area contributed by atoms with Crippen LogP contribution in [-0.2, 0) is 0 Å². The van der Waals surface area contributed by atoms with Gasteiger partial charge in [0.2, 0.25) is 5.88 Å². The monoisotopic (exact) mass is 289 g/mol. The fourth-order valence-corrected chi connectivity index (χ4v) is 1.54. The largest absolute Gasteiger partial charge is 0.480 e. The number of ether oxygens (including phenoxy) is 1. The molecular weight excluding hydrogens is 278 g/mol.